The number of halogens is 3. The van der Waals surface area contributed by atoms with Gasteiger partial charge in [0.2, 0.25) is 0 Å². The van der Waals surface area contributed by atoms with E-state index >= 15 is 0 Å². The van der Waals surface area contributed by atoms with Crippen molar-refractivity contribution < 1.29 is 27.4 Å². The van der Waals surface area contributed by atoms with Gasteiger partial charge in [-0.3, -0.25) is 0 Å². The van der Waals surface area contributed by atoms with E-state index in [-0.39, 0.29) is 36.9 Å². The third-order valence-corrected chi connectivity index (χ3v) is 4.72. The lowest BCUT2D eigenvalue weighted by Crippen LogP contribution is -2.28. The lowest BCUT2D eigenvalue weighted by atomic mass is 9.99. The third kappa shape index (κ3) is 6.22. The summed E-state index contributed by atoms with van der Waals surface area (Å²) >= 11 is 0. The lowest BCUT2D eigenvalue weighted by Gasteiger charge is -2.21. The summed E-state index contributed by atoms with van der Waals surface area (Å²) in [6, 6.07) is -1.83. The van der Waals surface area contributed by atoms with E-state index in [0.29, 0.717) is 13.0 Å². The van der Waals surface area contributed by atoms with Gasteiger partial charge in [0, 0.05) is 13.7 Å². The SMILES string of the molecule is C/C=C(\C=C/C/C=C/C1CNc2c(C(=O)OCC)cnn2C(C(F)(F)F)C1)COC. The number of methoxy groups -OCH3 is 1. The van der Waals surface area contributed by atoms with Crippen LogP contribution in [0.2, 0.25) is 0 Å². The first-order valence-electron chi connectivity index (χ1n) is 9.84. The second-order valence-corrected chi connectivity index (χ2v) is 6.87. The molecule has 2 heterocycles. The van der Waals surface area contributed by atoms with Crippen LogP contribution in [0.15, 0.2) is 42.2 Å². The second kappa shape index (κ2) is 11.0. The Labute approximate surface area is 174 Å². The minimum Gasteiger partial charge on any atom is -0.462 e. The zero-order valence-corrected chi connectivity index (χ0v) is 17.4. The Balaban J connectivity index is 2.13. The molecule has 0 saturated heterocycles. The predicted octanol–water partition coefficient (Wildman–Crippen LogP) is 4.69. The maximum Gasteiger partial charge on any atom is 0.410 e. The van der Waals surface area contributed by atoms with Gasteiger partial charge in [0.15, 0.2) is 6.04 Å². The molecule has 1 aromatic heterocycles. The van der Waals surface area contributed by atoms with Crippen LogP contribution >= 0.6 is 0 Å². The predicted molar refractivity (Wildman–Crippen MR) is 108 cm³/mol. The standard InChI is InChI=1S/C21H28F3N3O3/c1-4-15(14-29-3)9-7-6-8-10-16-11-18(21(22,23)24)27-19(25-12-16)17(13-26-27)20(28)30-5-2/h4,7-10,13,16,18,25H,5-6,11-12,14H2,1-3H3/b9-7-,10-8+,15-4+. The first-order chi connectivity index (χ1) is 14.3. The molecule has 6 nitrogen and oxygen atoms in total. The van der Waals surface area contributed by atoms with E-state index in [1.165, 1.54) is 0 Å². The zero-order chi connectivity index (χ0) is 22.1. The van der Waals surface area contributed by atoms with Crippen LogP contribution < -0.4 is 5.32 Å². The average Bonchev–Trinajstić information content (AvgIpc) is 3.01. The molecular formula is C21H28F3N3O3. The van der Waals surface area contributed by atoms with Gasteiger partial charge in [0.05, 0.1) is 19.4 Å². The zero-order valence-electron chi connectivity index (χ0n) is 17.4. The molecule has 0 spiro atoms. The number of carbonyl (C=O) groups excluding carboxylic acids is 1. The number of anilines is 1. The fraction of sp³-hybridized carbons (Fsp3) is 0.524. The topological polar surface area (TPSA) is 65.4 Å². The van der Waals surface area contributed by atoms with Crippen molar-refractivity contribution in [3.05, 3.63) is 47.7 Å². The monoisotopic (exact) mass is 427 g/mol. The van der Waals surface area contributed by atoms with Crippen molar-refractivity contribution in [1.82, 2.24) is 9.78 Å². The summed E-state index contributed by atoms with van der Waals surface area (Å²) in [5.41, 5.74) is 1.03. The molecule has 2 atom stereocenters. The number of aromatic nitrogens is 2. The molecule has 1 aliphatic heterocycles. The van der Waals surface area contributed by atoms with E-state index in [0.717, 1.165) is 16.5 Å². The van der Waals surface area contributed by atoms with Crippen molar-refractivity contribution in [2.45, 2.75) is 38.9 Å². The number of fused-ring (bicyclic) bond motifs is 1. The van der Waals surface area contributed by atoms with Gasteiger partial charge in [-0.1, -0.05) is 30.4 Å². The molecule has 166 valence electrons. The molecule has 0 amide bonds. The molecule has 0 aromatic carbocycles. The molecule has 0 saturated carbocycles. The quantitative estimate of drug-likeness (QED) is 0.370. The number of hydrogen-bond acceptors (Lipinski definition) is 5. The van der Waals surface area contributed by atoms with Crippen LogP contribution in [0.1, 0.15) is 43.1 Å². The van der Waals surface area contributed by atoms with Crippen molar-refractivity contribution in [2.75, 3.05) is 32.2 Å². The van der Waals surface area contributed by atoms with Crippen molar-refractivity contribution in [2.24, 2.45) is 5.92 Å². The summed E-state index contributed by atoms with van der Waals surface area (Å²) in [6.45, 7) is 4.44. The molecule has 2 rings (SSSR count). The van der Waals surface area contributed by atoms with Gasteiger partial charge in [-0.15, -0.1) is 0 Å². The molecule has 1 aromatic rings. The molecule has 1 aliphatic rings. The largest absolute Gasteiger partial charge is 0.462 e. The van der Waals surface area contributed by atoms with Crippen LogP contribution in [-0.4, -0.2) is 48.8 Å². The summed E-state index contributed by atoms with van der Waals surface area (Å²) in [6.07, 6.45) is 6.47. The van der Waals surface area contributed by atoms with Gasteiger partial charge in [-0.2, -0.15) is 18.3 Å². The Morgan fingerprint density at radius 1 is 1.40 bits per heavy atom. The van der Waals surface area contributed by atoms with E-state index in [1.54, 1.807) is 20.1 Å². The van der Waals surface area contributed by atoms with E-state index < -0.39 is 18.2 Å². The highest BCUT2D eigenvalue weighted by Crippen LogP contribution is 2.40. The molecule has 0 aliphatic carbocycles. The summed E-state index contributed by atoms with van der Waals surface area (Å²) < 4.78 is 52.0. The number of esters is 1. The average molecular weight is 427 g/mol. The van der Waals surface area contributed by atoms with Crippen LogP contribution in [-0.2, 0) is 9.47 Å². The normalized spacial score (nSPS) is 20.3. The Bertz CT molecular complexity index is 797. The smallest absolute Gasteiger partial charge is 0.410 e. The van der Waals surface area contributed by atoms with Crippen molar-refractivity contribution >= 4 is 11.8 Å². The van der Waals surface area contributed by atoms with E-state index in [2.05, 4.69) is 10.4 Å². The van der Waals surface area contributed by atoms with Crippen molar-refractivity contribution in [3.63, 3.8) is 0 Å². The number of alkyl halides is 3. The number of rotatable bonds is 8. The van der Waals surface area contributed by atoms with Gasteiger partial charge in [-0.05, 0) is 38.2 Å². The number of nitrogens with zero attached hydrogens (tertiary/aromatic N) is 2. The van der Waals surface area contributed by atoms with Crippen LogP contribution in [0, 0.1) is 5.92 Å². The minimum absolute atomic E-state index is 0.00990. The maximum absolute atomic E-state index is 13.7. The van der Waals surface area contributed by atoms with E-state index in [4.69, 9.17) is 9.47 Å². The lowest BCUT2D eigenvalue weighted by molar-refractivity contribution is -0.172. The number of hydrogen-bond donors (Lipinski definition) is 1. The maximum atomic E-state index is 13.7. The van der Waals surface area contributed by atoms with E-state index in [1.807, 2.05) is 31.2 Å². The number of ether oxygens (including phenoxy) is 2. The highest BCUT2D eigenvalue weighted by Gasteiger charge is 2.45. The molecule has 0 bridgehead atoms. The summed E-state index contributed by atoms with van der Waals surface area (Å²) in [5, 5.41) is 6.79. The Kier molecular flexibility index (Phi) is 8.71. The number of carbonyl (C=O) groups is 1. The van der Waals surface area contributed by atoms with Crippen LogP contribution in [0.4, 0.5) is 19.0 Å². The summed E-state index contributed by atoms with van der Waals surface area (Å²) in [4.78, 5) is 12.1. The molecule has 0 radical (unpaired) electrons. The van der Waals surface area contributed by atoms with E-state index in [9.17, 15) is 18.0 Å². The molecule has 0 fully saturated rings. The molecule has 1 N–H and O–H groups in total. The highest BCUT2D eigenvalue weighted by molar-refractivity contribution is 5.94. The second-order valence-electron chi connectivity index (χ2n) is 6.87. The van der Waals surface area contributed by atoms with Gasteiger partial charge in [-0.25, -0.2) is 9.48 Å². The Morgan fingerprint density at radius 2 is 2.17 bits per heavy atom. The summed E-state index contributed by atoms with van der Waals surface area (Å²) in [5.74, 6) is -1.02. The molecule has 9 heteroatoms. The van der Waals surface area contributed by atoms with Gasteiger partial charge in [0.1, 0.15) is 11.4 Å². The van der Waals surface area contributed by atoms with Gasteiger partial charge in [0.25, 0.3) is 0 Å². The molecule has 2 unspecified atom stereocenters. The number of allylic oxidation sites excluding steroid dienone is 3. The fourth-order valence-electron chi connectivity index (χ4n) is 3.21. The van der Waals surface area contributed by atoms with Crippen molar-refractivity contribution in [1.29, 1.82) is 0 Å². The fourth-order valence-corrected chi connectivity index (χ4v) is 3.21. The van der Waals surface area contributed by atoms with Gasteiger partial charge >= 0.3 is 12.1 Å². The number of nitrogens with one attached hydrogen (secondary N) is 1. The minimum atomic E-state index is -4.49. The van der Waals surface area contributed by atoms with Crippen molar-refractivity contribution in [3.8, 4) is 0 Å². The van der Waals surface area contributed by atoms with Crippen LogP contribution in [0.25, 0.3) is 0 Å². The first-order valence-corrected chi connectivity index (χ1v) is 9.84. The summed E-state index contributed by atoms with van der Waals surface area (Å²) in [7, 11) is 1.62. The van der Waals surface area contributed by atoms with Gasteiger partial charge < -0.3 is 14.8 Å². The van der Waals surface area contributed by atoms with Crippen LogP contribution in [0.3, 0.4) is 0 Å². The first kappa shape index (κ1) is 23.7. The Morgan fingerprint density at radius 3 is 2.80 bits per heavy atom. The Hall–Kier alpha value is -2.55. The van der Waals surface area contributed by atoms with Crippen LogP contribution in [0.5, 0.6) is 0 Å². The molecular weight excluding hydrogens is 399 g/mol. The third-order valence-electron chi connectivity index (χ3n) is 4.72. The molecule has 30 heavy (non-hydrogen) atoms. The highest BCUT2D eigenvalue weighted by atomic mass is 19.4.